The van der Waals surface area contributed by atoms with E-state index in [-0.39, 0.29) is 25.3 Å². The number of hydrogen-bond acceptors (Lipinski definition) is 10. The number of fused-ring (bicyclic) bond motifs is 2. The van der Waals surface area contributed by atoms with Crippen LogP contribution in [0.5, 0.6) is 0 Å². The minimum absolute atomic E-state index is 0.0833. The fourth-order valence-electron chi connectivity index (χ4n) is 4.84. The third-order valence-corrected chi connectivity index (χ3v) is 7.06. The summed E-state index contributed by atoms with van der Waals surface area (Å²) >= 11 is 0. The molecule has 0 spiro atoms. The first-order valence-electron chi connectivity index (χ1n) is 11.8. The van der Waals surface area contributed by atoms with Crippen molar-refractivity contribution in [2.24, 2.45) is 0 Å². The SMILES string of the molecule is O=C(NOC[C@H]1C[C@@H](N2CCC(O)CC2)CN1)[C@@H]1CC[C@@H]2CN1C(=O)N2OS(=O)(=O)O.O=C(O)C(F)(F)F. The number of carboxylic acid groups (broad SMARTS) is 1. The molecule has 2 bridgehead atoms. The van der Waals surface area contributed by atoms with Crippen molar-refractivity contribution in [3.05, 3.63) is 0 Å². The minimum Gasteiger partial charge on any atom is -0.475 e. The number of piperidine rings is 2. The zero-order valence-electron chi connectivity index (χ0n) is 20.0. The van der Waals surface area contributed by atoms with Crippen molar-refractivity contribution >= 4 is 28.3 Å². The number of urea groups is 1. The summed E-state index contributed by atoms with van der Waals surface area (Å²) in [5, 5.41) is 20.8. The van der Waals surface area contributed by atoms with Gasteiger partial charge in [-0.1, -0.05) is 0 Å². The van der Waals surface area contributed by atoms with Crippen LogP contribution in [0.4, 0.5) is 18.0 Å². The Morgan fingerprint density at radius 3 is 2.34 bits per heavy atom. The molecule has 4 atom stereocenters. The van der Waals surface area contributed by atoms with E-state index in [1.165, 1.54) is 4.90 Å². The first kappa shape index (κ1) is 30.3. The lowest BCUT2D eigenvalue weighted by Crippen LogP contribution is -2.50. The van der Waals surface area contributed by atoms with E-state index in [2.05, 4.69) is 20.0 Å². The third-order valence-electron chi connectivity index (χ3n) is 6.71. The number of amides is 3. The van der Waals surface area contributed by atoms with Crippen LogP contribution in [-0.2, 0) is 29.1 Å². The molecular weight excluding hydrogens is 547 g/mol. The second-order valence-electron chi connectivity index (χ2n) is 9.35. The van der Waals surface area contributed by atoms with Gasteiger partial charge in [0.15, 0.2) is 0 Å². The van der Waals surface area contributed by atoms with Crippen LogP contribution in [0.3, 0.4) is 0 Å². The van der Waals surface area contributed by atoms with Gasteiger partial charge in [-0.25, -0.2) is 15.1 Å². The lowest BCUT2D eigenvalue weighted by molar-refractivity contribution is -0.192. The smallest absolute Gasteiger partial charge is 0.475 e. The third kappa shape index (κ3) is 8.10. The molecule has 0 aliphatic carbocycles. The van der Waals surface area contributed by atoms with Gasteiger partial charge < -0.3 is 20.4 Å². The number of carbonyl (C=O) groups is 3. The lowest BCUT2D eigenvalue weighted by Gasteiger charge is -2.34. The molecular formula is C19H30F3N5O10S. The molecule has 4 aliphatic rings. The maximum absolute atomic E-state index is 12.5. The number of hydroxylamine groups is 3. The summed E-state index contributed by atoms with van der Waals surface area (Å²) in [5.74, 6) is -3.24. The molecule has 4 rings (SSSR count). The van der Waals surface area contributed by atoms with Crippen LogP contribution < -0.4 is 10.8 Å². The summed E-state index contributed by atoms with van der Waals surface area (Å²) in [5.41, 5.74) is 2.40. The van der Waals surface area contributed by atoms with Gasteiger partial charge in [-0.3, -0.25) is 19.1 Å². The standard InChI is InChI=1S/C17H29N5O8S.C2HF3O2/c23-14-3-5-20(6-4-14)13-7-11(18-8-13)10-29-19-16(24)15-2-1-12-9-21(15)17(25)22(12)30-31(26,27)28;3-2(4,5)1(6)7/h11-15,18,23H,1-10H2,(H,19,24)(H,26,27,28);(H,6,7)/t11-,12-,13-,15+;/m1./s1. The molecule has 0 saturated carbocycles. The topological polar surface area (TPSA) is 198 Å². The summed E-state index contributed by atoms with van der Waals surface area (Å²) in [4.78, 5) is 42.8. The first-order valence-corrected chi connectivity index (χ1v) is 13.2. The van der Waals surface area contributed by atoms with Gasteiger partial charge in [0.05, 0.1) is 18.8 Å². The van der Waals surface area contributed by atoms with Crippen molar-refractivity contribution in [3.63, 3.8) is 0 Å². The summed E-state index contributed by atoms with van der Waals surface area (Å²) in [6.07, 6.45) is -2.16. The Morgan fingerprint density at radius 2 is 1.76 bits per heavy atom. The largest absolute Gasteiger partial charge is 0.490 e. The van der Waals surface area contributed by atoms with Crippen LogP contribution >= 0.6 is 0 Å². The molecule has 0 radical (unpaired) electrons. The number of aliphatic hydroxyl groups is 1. The predicted octanol–water partition coefficient (Wildman–Crippen LogP) is -1.14. The van der Waals surface area contributed by atoms with Crippen molar-refractivity contribution in [1.29, 1.82) is 0 Å². The van der Waals surface area contributed by atoms with Crippen LogP contribution in [0.15, 0.2) is 0 Å². The Kier molecular flexibility index (Phi) is 9.76. The molecule has 4 heterocycles. The number of halogens is 3. The molecule has 0 aromatic carbocycles. The monoisotopic (exact) mass is 577 g/mol. The second-order valence-corrected chi connectivity index (χ2v) is 10.4. The number of nitrogens with zero attached hydrogens (tertiary/aromatic N) is 3. The Hall–Kier alpha value is -2.29. The Morgan fingerprint density at radius 1 is 1.13 bits per heavy atom. The van der Waals surface area contributed by atoms with Crippen LogP contribution in [0, 0.1) is 0 Å². The summed E-state index contributed by atoms with van der Waals surface area (Å²) < 4.78 is 66.8. The molecule has 0 aromatic rings. The van der Waals surface area contributed by atoms with Crippen LogP contribution in [-0.4, -0.2) is 125 Å². The quantitative estimate of drug-likeness (QED) is 0.180. The molecule has 15 nitrogen and oxygen atoms in total. The van der Waals surface area contributed by atoms with E-state index < -0.39 is 46.6 Å². The van der Waals surface area contributed by atoms with Crippen molar-refractivity contribution < 1.29 is 59.9 Å². The van der Waals surface area contributed by atoms with E-state index in [4.69, 9.17) is 19.3 Å². The highest BCUT2D eigenvalue weighted by Gasteiger charge is 2.49. The van der Waals surface area contributed by atoms with Gasteiger partial charge in [-0.2, -0.15) is 26.7 Å². The van der Waals surface area contributed by atoms with E-state index >= 15 is 0 Å². The Labute approximate surface area is 215 Å². The average molecular weight is 578 g/mol. The van der Waals surface area contributed by atoms with Gasteiger partial charge in [0.1, 0.15) is 6.04 Å². The highest BCUT2D eigenvalue weighted by atomic mass is 32.3. The van der Waals surface area contributed by atoms with Crippen LogP contribution in [0.25, 0.3) is 0 Å². The Bertz CT molecular complexity index is 979. The van der Waals surface area contributed by atoms with E-state index in [1.807, 2.05) is 0 Å². The second kappa shape index (κ2) is 12.3. The molecule has 5 N–H and O–H groups in total. The number of rotatable bonds is 7. The Balaban J connectivity index is 0.000000505. The molecule has 19 heteroatoms. The van der Waals surface area contributed by atoms with E-state index in [0.29, 0.717) is 23.9 Å². The van der Waals surface area contributed by atoms with Crippen LogP contribution in [0.1, 0.15) is 32.1 Å². The van der Waals surface area contributed by atoms with Crippen molar-refractivity contribution in [2.75, 3.05) is 32.8 Å². The number of hydrogen-bond donors (Lipinski definition) is 5. The lowest BCUT2D eigenvalue weighted by atomic mass is 10.0. The normalized spacial score (nSPS) is 28.7. The molecule has 4 saturated heterocycles. The van der Waals surface area contributed by atoms with Gasteiger partial charge in [-0.15, -0.1) is 4.28 Å². The first-order chi connectivity index (χ1) is 17.7. The number of alkyl halides is 3. The zero-order chi connectivity index (χ0) is 28.3. The molecule has 0 unspecified atom stereocenters. The molecule has 38 heavy (non-hydrogen) atoms. The average Bonchev–Trinajstić information content (AvgIpc) is 3.38. The van der Waals surface area contributed by atoms with Crippen molar-refractivity contribution in [1.82, 2.24) is 25.7 Å². The maximum atomic E-state index is 12.5. The highest BCUT2D eigenvalue weighted by molar-refractivity contribution is 7.80. The van der Waals surface area contributed by atoms with E-state index in [1.54, 1.807) is 0 Å². The number of carbonyl (C=O) groups excluding carboxylic acids is 2. The van der Waals surface area contributed by atoms with Gasteiger partial charge in [0.25, 0.3) is 5.91 Å². The number of carboxylic acids is 1. The minimum atomic E-state index is -5.08. The summed E-state index contributed by atoms with van der Waals surface area (Å²) in [6, 6.07) is -1.67. The van der Waals surface area contributed by atoms with Crippen molar-refractivity contribution in [2.45, 2.75) is 68.6 Å². The fraction of sp³-hybridized carbons (Fsp3) is 0.842. The molecule has 0 aromatic heterocycles. The number of likely N-dealkylation sites (tertiary alicyclic amines) is 1. The molecule has 218 valence electrons. The van der Waals surface area contributed by atoms with E-state index in [9.17, 15) is 36.3 Å². The fourth-order valence-corrected chi connectivity index (χ4v) is 5.23. The van der Waals surface area contributed by atoms with Gasteiger partial charge in [-0.05, 0) is 32.1 Å². The summed E-state index contributed by atoms with van der Waals surface area (Å²) in [7, 11) is -4.83. The number of aliphatic carboxylic acids is 1. The van der Waals surface area contributed by atoms with Crippen molar-refractivity contribution in [3.8, 4) is 0 Å². The molecule has 3 amide bonds. The number of aliphatic hydroxyl groups excluding tert-OH is 1. The number of nitrogens with one attached hydrogen (secondary N) is 2. The van der Waals surface area contributed by atoms with Gasteiger partial charge >= 0.3 is 28.6 Å². The highest BCUT2D eigenvalue weighted by Crippen LogP contribution is 2.30. The molecule has 4 fully saturated rings. The van der Waals surface area contributed by atoms with Crippen LogP contribution in [0.2, 0.25) is 0 Å². The summed E-state index contributed by atoms with van der Waals surface area (Å²) in [6.45, 7) is 2.99. The van der Waals surface area contributed by atoms with Gasteiger partial charge in [0, 0.05) is 38.3 Å². The predicted molar refractivity (Wildman–Crippen MR) is 118 cm³/mol. The van der Waals surface area contributed by atoms with E-state index in [0.717, 1.165) is 38.9 Å². The zero-order valence-corrected chi connectivity index (χ0v) is 20.9. The maximum Gasteiger partial charge on any atom is 0.490 e. The molecule has 4 aliphatic heterocycles. The van der Waals surface area contributed by atoms with Gasteiger partial charge in [0.2, 0.25) is 0 Å².